The summed E-state index contributed by atoms with van der Waals surface area (Å²) in [7, 11) is 0. The van der Waals surface area contributed by atoms with E-state index in [1.165, 1.54) is 18.2 Å². The molecule has 0 unspecified atom stereocenters. The first-order valence-electron chi connectivity index (χ1n) is 6.36. The van der Waals surface area contributed by atoms with Crippen LogP contribution < -0.4 is 61.6 Å². The first kappa shape index (κ1) is 18.8. The minimum absolute atomic E-state index is 0. The summed E-state index contributed by atoms with van der Waals surface area (Å²) in [5.41, 5.74) is 0.875. The molecule has 0 N–H and O–H groups in total. The summed E-state index contributed by atoms with van der Waals surface area (Å²) >= 11 is 0. The van der Waals surface area contributed by atoms with Crippen LogP contribution in [0.3, 0.4) is 0 Å². The normalized spacial score (nSPS) is 11.1. The third-order valence-electron chi connectivity index (χ3n) is 2.93. The molecule has 8 heteroatoms. The van der Waals surface area contributed by atoms with E-state index in [4.69, 9.17) is 4.74 Å². The van der Waals surface area contributed by atoms with Crippen LogP contribution in [0.1, 0.15) is 18.3 Å². The molecule has 108 valence electrons. The molecule has 1 aromatic heterocycles. The van der Waals surface area contributed by atoms with E-state index < -0.39 is 12.4 Å². The van der Waals surface area contributed by atoms with Crippen molar-refractivity contribution in [2.75, 3.05) is 0 Å². The van der Waals surface area contributed by atoms with Gasteiger partial charge in [-0.05, 0) is 26.0 Å². The van der Waals surface area contributed by atoms with E-state index in [1.807, 2.05) is 19.9 Å². The van der Waals surface area contributed by atoms with Crippen molar-refractivity contribution in [1.82, 2.24) is 9.78 Å². The molecular formula is C13H15BF3KN2O. The van der Waals surface area contributed by atoms with Crippen LogP contribution in [0.4, 0.5) is 12.9 Å². The molecule has 2 rings (SSSR count). The Hall–Kier alpha value is -0.279. The molecule has 0 atom stereocenters. The molecule has 0 radical (unpaired) electrons. The van der Waals surface area contributed by atoms with Gasteiger partial charge >= 0.3 is 58.4 Å². The molecule has 0 bridgehead atoms. The SMILES string of the molecule is CCn1nc(C)cc1COc1ccccc1[B-](F)(F)F.[K+]. The third kappa shape index (κ3) is 4.85. The van der Waals surface area contributed by atoms with Crippen LogP contribution >= 0.6 is 0 Å². The van der Waals surface area contributed by atoms with Gasteiger partial charge in [0.25, 0.3) is 0 Å². The Morgan fingerprint density at radius 2 is 1.90 bits per heavy atom. The molecular weight excluding hydrogens is 307 g/mol. The van der Waals surface area contributed by atoms with Crippen molar-refractivity contribution >= 4 is 12.4 Å². The monoisotopic (exact) mass is 322 g/mol. The van der Waals surface area contributed by atoms with Crippen LogP contribution in [-0.4, -0.2) is 16.8 Å². The quantitative estimate of drug-likeness (QED) is 0.716. The Bertz CT molecular complexity index is 601. The molecule has 0 amide bonds. The van der Waals surface area contributed by atoms with Crippen LogP contribution in [0, 0.1) is 6.92 Å². The van der Waals surface area contributed by atoms with Gasteiger partial charge in [-0.1, -0.05) is 23.7 Å². The van der Waals surface area contributed by atoms with Gasteiger partial charge in [0, 0.05) is 6.54 Å². The third-order valence-corrected chi connectivity index (χ3v) is 2.93. The second-order valence-electron chi connectivity index (χ2n) is 4.49. The van der Waals surface area contributed by atoms with Crippen LogP contribution in [0.15, 0.2) is 30.3 Å². The van der Waals surface area contributed by atoms with Crippen molar-refractivity contribution in [2.45, 2.75) is 27.0 Å². The molecule has 0 saturated heterocycles. The van der Waals surface area contributed by atoms with Crippen LogP contribution in [-0.2, 0) is 13.2 Å². The minimum Gasteiger partial charge on any atom is -0.490 e. The predicted molar refractivity (Wildman–Crippen MR) is 72.1 cm³/mol. The number of aryl methyl sites for hydroxylation is 2. The van der Waals surface area contributed by atoms with Crippen LogP contribution in [0.2, 0.25) is 0 Å². The van der Waals surface area contributed by atoms with E-state index in [1.54, 1.807) is 4.68 Å². The molecule has 0 saturated carbocycles. The van der Waals surface area contributed by atoms with Gasteiger partial charge in [0.15, 0.2) is 0 Å². The molecule has 1 aromatic carbocycles. The molecule has 3 nitrogen and oxygen atoms in total. The minimum atomic E-state index is -5.08. The molecule has 0 spiro atoms. The Morgan fingerprint density at radius 1 is 1.24 bits per heavy atom. The van der Waals surface area contributed by atoms with E-state index in [2.05, 4.69) is 5.10 Å². The molecule has 0 aliphatic carbocycles. The zero-order chi connectivity index (χ0) is 14.8. The molecule has 0 aliphatic rings. The average molecular weight is 322 g/mol. The summed E-state index contributed by atoms with van der Waals surface area (Å²) in [4.78, 5) is 0. The van der Waals surface area contributed by atoms with Crippen LogP contribution in [0.5, 0.6) is 5.75 Å². The van der Waals surface area contributed by atoms with Gasteiger partial charge in [0.1, 0.15) is 6.61 Å². The van der Waals surface area contributed by atoms with E-state index >= 15 is 0 Å². The predicted octanol–water partition coefficient (Wildman–Crippen LogP) is -0.151. The number of nitrogens with zero attached hydrogens (tertiary/aromatic N) is 2. The summed E-state index contributed by atoms with van der Waals surface area (Å²) in [6, 6.07) is 7.08. The van der Waals surface area contributed by atoms with Crippen molar-refractivity contribution in [3.05, 3.63) is 41.7 Å². The number of halogens is 3. The number of ether oxygens (including phenoxy) is 1. The van der Waals surface area contributed by atoms with Gasteiger partial charge in [-0.15, -0.1) is 0 Å². The first-order chi connectivity index (χ1) is 9.41. The molecule has 0 aliphatic heterocycles. The standard InChI is InChI=1S/C13H15BF3N2O.K/c1-3-19-11(8-10(2)18-19)9-20-13-7-5-4-6-12(13)14(15,16)17;/h4-8H,3,9H2,1-2H3;/q-1;+1. The summed E-state index contributed by atoms with van der Waals surface area (Å²) < 4.78 is 45.7. The Labute approximate surface area is 164 Å². The number of hydrogen-bond donors (Lipinski definition) is 0. The summed E-state index contributed by atoms with van der Waals surface area (Å²) in [6.45, 7) is -0.604. The fourth-order valence-corrected chi connectivity index (χ4v) is 2.02. The number of hydrogen-bond acceptors (Lipinski definition) is 2. The van der Waals surface area contributed by atoms with Gasteiger partial charge in [0.05, 0.1) is 17.1 Å². The second-order valence-corrected chi connectivity index (χ2v) is 4.49. The van der Waals surface area contributed by atoms with Crippen LogP contribution in [0.25, 0.3) is 0 Å². The first-order valence-corrected chi connectivity index (χ1v) is 6.36. The van der Waals surface area contributed by atoms with Crippen molar-refractivity contribution in [3.63, 3.8) is 0 Å². The van der Waals surface area contributed by atoms with Crippen molar-refractivity contribution in [3.8, 4) is 5.75 Å². The summed E-state index contributed by atoms with van der Waals surface area (Å²) in [5.74, 6) is -0.137. The number of aromatic nitrogens is 2. The van der Waals surface area contributed by atoms with E-state index in [-0.39, 0.29) is 63.7 Å². The molecule has 1 heterocycles. The zero-order valence-corrected chi connectivity index (χ0v) is 15.4. The Balaban J connectivity index is 0.00000220. The number of para-hydroxylation sites is 1. The Morgan fingerprint density at radius 3 is 2.52 bits per heavy atom. The fourth-order valence-electron chi connectivity index (χ4n) is 2.02. The van der Waals surface area contributed by atoms with Gasteiger partial charge in [-0.25, -0.2) is 0 Å². The summed E-state index contributed by atoms with van der Waals surface area (Å²) in [6.07, 6.45) is 0. The van der Waals surface area contributed by atoms with Gasteiger partial charge in [-0.2, -0.15) is 5.10 Å². The van der Waals surface area contributed by atoms with Gasteiger partial charge in [0.2, 0.25) is 0 Å². The van der Waals surface area contributed by atoms with E-state index in [0.29, 0.717) is 6.54 Å². The summed E-state index contributed by atoms with van der Waals surface area (Å²) in [5, 5.41) is 4.23. The molecule has 21 heavy (non-hydrogen) atoms. The second kappa shape index (κ2) is 7.82. The Kier molecular flexibility index (Phi) is 6.99. The maximum Gasteiger partial charge on any atom is 1.00 e. The van der Waals surface area contributed by atoms with Gasteiger partial charge in [-0.3, -0.25) is 4.68 Å². The van der Waals surface area contributed by atoms with Crippen molar-refractivity contribution in [2.24, 2.45) is 0 Å². The maximum absolute atomic E-state index is 12.9. The van der Waals surface area contributed by atoms with E-state index in [9.17, 15) is 12.9 Å². The van der Waals surface area contributed by atoms with Crippen molar-refractivity contribution in [1.29, 1.82) is 0 Å². The van der Waals surface area contributed by atoms with Gasteiger partial charge < -0.3 is 17.7 Å². The molecule has 0 fully saturated rings. The van der Waals surface area contributed by atoms with Crippen molar-refractivity contribution < 1.29 is 69.1 Å². The molecule has 2 aromatic rings. The zero-order valence-electron chi connectivity index (χ0n) is 12.3. The smallest absolute Gasteiger partial charge is 0.490 e. The number of rotatable bonds is 5. The number of benzene rings is 1. The average Bonchev–Trinajstić information content (AvgIpc) is 2.76. The maximum atomic E-state index is 12.9. The van der Waals surface area contributed by atoms with E-state index in [0.717, 1.165) is 17.5 Å². The largest absolute Gasteiger partial charge is 1.00 e. The topological polar surface area (TPSA) is 27.1 Å². The fraction of sp³-hybridized carbons (Fsp3) is 0.308.